The normalized spacial score (nSPS) is 10.9. The highest BCUT2D eigenvalue weighted by Gasteiger charge is 2.13. The maximum atomic E-state index is 4.71. The summed E-state index contributed by atoms with van der Waals surface area (Å²) in [5.41, 5.74) is 4.79. The summed E-state index contributed by atoms with van der Waals surface area (Å²) in [4.78, 5) is 6.89. The van der Waals surface area contributed by atoms with Crippen LogP contribution in [0.4, 0.5) is 5.82 Å². The van der Waals surface area contributed by atoms with Gasteiger partial charge in [0.25, 0.3) is 0 Å². The molecule has 0 spiro atoms. The van der Waals surface area contributed by atoms with Crippen LogP contribution in [0.1, 0.15) is 37.6 Å². The summed E-state index contributed by atoms with van der Waals surface area (Å²) in [5.74, 6) is 1.06. The lowest BCUT2D eigenvalue weighted by atomic mass is 10.1. The topological polar surface area (TPSA) is 28.2 Å². The number of aromatic nitrogens is 1. The fourth-order valence-corrected chi connectivity index (χ4v) is 2.16. The van der Waals surface area contributed by atoms with E-state index in [0.717, 1.165) is 30.2 Å². The summed E-state index contributed by atoms with van der Waals surface area (Å²) >= 11 is 0. The van der Waals surface area contributed by atoms with Crippen molar-refractivity contribution >= 4 is 5.82 Å². The zero-order valence-electron chi connectivity index (χ0n) is 13.2. The van der Waals surface area contributed by atoms with Crippen LogP contribution in [-0.4, -0.2) is 24.6 Å². The van der Waals surface area contributed by atoms with Gasteiger partial charge in [0.2, 0.25) is 0 Å². The molecule has 1 aromatic rings. The number of hydrogen-bond donors (Lipinski definition) is 1. The number of aryl methyl sites for hydroxylation is 2. The van der Waals surface area contributed by atoms with Crippen LogP contribution in [-0.2, 0) is 6.54 Å². The second kappa shape index (κ2) is 6.71. The first kappa shape index (κ1) is 15.7. The van der Waals surface area contributed by atoms with Crippen LogP contribution < -0.4 is 10.2 Å². The van der Waals surface area contributed by atoms with Crippen molar-refractivity contribution in [2.75, 3.05) is 18.5 Å². The van der Waals surface area contributed by atoms with Gasteiger partial charge in [-0.3, -0.25) is 0 Å². The standard InChI is InChI=1S/C16H27N3/c1-11(2)10-19(7)16-15(9-17-12(3)4)13(5)8-14(6)18-16/h8,12,17H,1,9-10H2,2-7H3. The highest BCUT2D eigenvalue weighted by molar-refractivity contribution is 5.51. The summed E-state index contributed by atoms with van der Waals surface area (Å²) in [5, 5.41) is 3.48. The molecule has 0 aliphatic carbocycles. The van der Waals surface area contributed by atoms with Gasteiger partial charge < -0.3 is 10.2 Å². The highest BCUT2D eigenvalue weighted by Crippen LogP contribution is 2.22. The molecule has 3 nitrogen and oxygen atoms in total. The second-order valence-electron chi connectivity index (χ2n) is 5.73. The Hall–Kier alpha value is -1.35. The summed E-state index contributed by atoms with van der Waals surface area (Å²) in [7, 11) is 2.08. The van der Waals surface area contributed by atoms with Crippen molar-refractivity contribution in [1.29, 1.82) is 0 Å². The Labute approximate surface area is 117 Å². The number of anilines is 1. The molecule has 0 atom stereocenters. The Morgan fingerprint density at radius 2 is 2.05 bits per heavy atom. The van der Waals surface area contributed by atoms with Gasteiger partial charge in [0.1, 0.15) is 5.82 Å². The minimum absolute atomic E-state index is 0.472. The highest BCUT2D eigenvalue weighted by atomic mass is 15.2. The third-order valence-electron chi connectivity index (χ3n) is 3.01. The summed E-state index contributed by atoms with van der Waals surface area (Å²) in [6.45, 7) is 16.2. The number of nitrogens with zero attached hydrogens (tertiary/aromatic N) is 2. The van der Waals surface area contributed by atoms with Crippen LogP contribution in [0.3, 0.4) is 0 Å². The van der Waals surface area contributed by atoms with E-state index in [1.807, 2.05) is 13.8 Å². The van der Waals surface area contributed by atoms with Crippen molar-refractivity contribution in [3.05, 3.63) is 35.0 Å². The molecule has 3 heteroatoms. The smallest absolute Gasteiger partial charge is 0.133 e. The zero-order chi connectivity index (χ0) is 14.6. The molecule has 0 saturated carbocycles. The predicted molar refractivity (Wildman–Crippen MR) is 83.8 cm³/mol. The van der Waals surface area contributed by atoms with Crippen molar-refractivity contribution in [3.63, 3.8) is 0 Å². The van der Waals surface area contributed by atoms with Gasteiger partial charge in [0.05, 0.1) is 0 Å². The Balaban J connectivity index is 3.08. The molecule has 0 bridgehead atoms. The molecule has 0 amide bonds. The molecule has 1 N–H and O–H groups in total. The summed E-state index contributed by atoms with van der Waals surface area (Å²) in [6, 6.07) is 2.62. The van der Waals surface area contributed by atoms with E-state index in [9.17, 15) is 0 Å². The number of pyridine rings is 1. The minimum Gasteiger partial charge on any atom is -0.355 e. The van der Waals surface area contributed by atoms with Crippen LogP contribution in [0.15, 0.2) is 18.2 Å². The van der Waals surface area contributed by atoms with Crippen molar-refractivity contribution in [1.82, 2.24) is 10.3 Å². The number of rotatable bonds is 6. The maximum absolute atomic E-state index is 4.71. The van der Waals surface area contributed by atoms with E-state index >= 15 is 0 Å². The van der Waals surface area contributed by atoms with Gasteiger partial charge in [-0.15, -0.1) is 0 Å². The van der Waals surface area contributed by atoms with Crippen molar-refractivity contribution < 1.29 is 0 Å². The average Bonchev–Trinajstić information content (AvgIpc) is 2.25. The van der Waals surface area contributed by atoms with E-state index in [1.54, 1.807) is 0 Å². The van der Waals surface area contributed by atoms with E-state index < -0.39 is 0 Å². The first-order valence-electron chi connectivity index (χ1n) is 6.87. The largest absolute Gasteiger partial charge is 0.355 e. The molecular weight excluding hydrogens is 234 g/mol. The van der Waals surface area contributed by atoms with Crippen LogP contribution in [0.25, 0.3) is 0 Å². The number of likely N-dealkylation sites (N-methyl/N-ethyl adjacent to an activating group) is 1. The fraction of sp³-hybridized carbons (Fsp3) is 0.562. The molecule has 0 unspecified atom stereocenters. The Kier molecular flexibility index (Phi) is 5.55. The van der Waals surface area contributed by atoms with Gasteiger partial charge >= 0.3 is 0 Å². The van der Waals surface area contributed by atoms with E-state index in [2.05, 4.69) is 50.7 Å². The van der Waals surface area contributed by atoms with E-state index in [0.29, 0.717) is 6.04 Å². The molecule has 0 radical (unpaired) electrons. The lowest BCUT2D eigenvalue weighted by Gasteiger charge is -2.24. The summed E-state index contributed by atoms with van der Waals surface area (Å²) in [6.07, 6.45) is 0. The maximum Gasteiger partial charge on any atom is 0.133 e. The first-order valence-corrected chi connectivity index (χ1v) is 6.87. The van der Waals surface area contributed by atoms with Crippen LogP contribution in [0, 0.1) is 13.8 Å². The molecule has 106 valence electrons. The lowest BCUT2D eigenvalue weighted by molar-refractivity contribution is 0.586. The average molecular weight is 261 g/mol. The van der Waals surface area contributed by atoms with Gasteiger partial charge in [-0.05, 0) is 32.4 Å². The van der Waals surface area contributed by atoms with Crippen LogP contribution in [0.2, 0.25) is 0 Å². The predicted octanol–water partition coefficient (Wildman–Crippen LogP) is 3.21. The number of hydrogen-bond acceptors (Lipinski definition) is 3. The lowest BCUT2D eigenvalue weighted by Crippen LogP contribution is -2.27. The molecule has 0 aliphatic heterocycles. The van der Waals surface area contributed by atoms with Crippen molar-refractivity contribution in [3.8, 4) is 0 Å². The van der Waals surface area contributed by atoms with Crippen molar-refractivity contribution in [2.45, 2.75) is 47.2 Å². The van der Waals surface area contributed by atoms with Gasteiger partial charge in [-0.25, -0.2) is 4.98 Å². The van der Waals surface area contributed by atoms with E-state index in [1.165, 1.54) is 11.1 Å². The minimum atomic E-state index is 0.472. The van der Waals surface area contributed by atoms with Gasteiger partial charge in [-0.2, -0.15) is 0 Å². The molecule has 1 heterocycles. The second-order valence-corrected chi connectivity index (χ2v) is 5.73. The molecular formula is C16H27N3. The molecule has 0 fully saturated rings. The van der Waals surface area contributed by atoms with Gasteiger partial charge in [0.15, 0.2) is 0 Å². The Morgan fingerprint density at radius 3 is 2.58 bits per heavy atom. The molecule has 1 aromatic heterocycles. The molecule has 0 aromatic carbocycles. The van der Waals surface area contributed by atoms with Crippen molar-refractivity contribution in [2.24, 2.45) is 0 Å². The number of nitrogens with one attached hydrogen (secondary N) is 1. The third kappa shape index (κ3) is 4.67. The van der Waals surface area contributed by atoms with E-state index in [4.69, 9.17) is 4.98 Å². The Morgan fingerprint density at radius 1 is 1.42 bits per heavy atom. The molecule has 0 aliphatic rings. The third-order valence-corrected chi connectivity index (χ3v) is 3.01. The van der Waals surface area contributed by atoms with E-state index in [-0.39, 0.29) is 0 Å². The monoisotopic (exact) mass is 261 g/mol. The Bertz CT molecular complexity index is 450. The van der Waals surface area contributed by atoms with Gasteiger partial charge in [0, 0.05) is 37.4 Å². The first-order chi connectivity index (χ1) is 8.81. The SMILES string of the molecule is C=C(C)CN(C)c1nc(C)cc(C)c1CNC(C)C. The molecule has 1 rings (SSSR count). The molecule has 0 saturated heterocycles. The zero-order valence-corrected chi connectivity index (χ0v) is 13.2. The van der Waals surface area contributed by atoms with Crippen LogP contribution >= 0.6 is 0 Å². The fourth-order valence-electron chi connectivity index (χ4n) is 2.16. The summed E-state index contributed by atoms with van der Waals surface area (Å²) < 4.78 is 0. The van der Waals surface area contributed by atoms with Gasteiger partial charge in [-0.1, -0.05) is 26.0 Å². The molecule has 19 heavy (non-hydrogen) atoms. The van der Waals surface area contributed by atoms with Crippen LogP contribution in [0.5, 0.6) is 0 Å². The quantitative estimate of drug-likeness (QED) is 0.797.